The number of aryl methyl sites for hydroxylation is 1. The third kappa shape index (κ3) is 4.50. The summed E-state index contributed by atoms with van der Waals surface area (Å²) in [7, 11) is 0. The van der Waals surface area contributed by atoms with E-state index in [0.29, 0.717) is 36.5 Å². The van der Waals surface area contributed by atoms with E-state index < -0.39 is 5.91 Å². The van der Waals surface area contributed by atoms with Gasteiger partial charge in [0, 0.05) is 23.2 Å². The molecule has 0 radical (unpaired) electrons. The van der Waals surface area contributed by atoms with Crippen molar-refractivity contribution in [2.75, 3.05) is 5.32 Å². The predicted octanol–water partition coefficient (Wildman–Crippen LogP) is 1.86. The molecule has 0 aliphatic heterocycles. The molecule has 0 aliphatic rings. The molecule has 8 heteroatoms. The molecule has 0 fully saturated rings. The van der Waals surface area contributed by atoms with Crippen LogP contribution in [0.4, 0.5) is 5.69 Å². The highest BCUT2D eigenvalue weighted by atomic mass is 16.2. The van der Waals surface area contributed by atoms with Crippen LogP contribution in [0.1, 0.15) is 23.2 Å². The van der Waals surface area contributed by atoms with E-state index in [2.05, 4.69) is 20.7 Å². The van der Waals surface area contributed by atoms with Crippen LogP contribution in [-0.4, -0.2) is 32.0 Å². The number of hydrogen-bond donors (Lipinski definition) is 2. The average Bonchev–Trinajstić information content (AvgIpc) is 3.12. The fourth-order valence-corrected chi connectivity index (χ4v) is 2.36. The van der Waals surface area contributed by atoms with E-state index in [4.69, 9.17) is 5.73 Å². The number of tetrazole rings is 1. The molecule has 2 aromatic carbocycles. The Balaban J connectivity index is 1.46. The minimum absolute atomic E-state index is 0.125. The van der Waals surface area contributed by atoms with Crippen molar-refractivity contribution in [2.24, 2.45) is 5.73 Å². The molecule has 0 saturated heterocycles. The van der Waals surface area contributed by atoms with E-state index >= 15 is 0 Å². The van der Waals surface area contributed by atoms with Gasteiger partial charge in [-0.2, -0.15) is 4.80 Å². The third-order valence-corrected chi connectivity index (χ3v) is 3.70. The van der Waals surface area contributed by atoms with E-state index in [0.717, 1.165) is 5.56 Å². The minimum Gasteiger partial charge on any atom is -0.366 e. The minimum atomic E-state index is -0.502. The predicted molar refractivity (Wildman–Crippen MR) is 96.1 cm³/mol. The summed E-state index contributed by atoms with van der Waals surface area (Å²) in [5.74, 6) is -0.0668. The van der Waals surface area contributed by atoms with Crippen LogP contribution < -0.4 is 11.1 Å². The van der Waals surface area contributed by atoms with Gasteiger partial charge in [-0.15, -0.1) is 10.2 Å². The van der Waals surface area contributed by atoms with Crippen LogP contribution in [0.5, 0.6) is 0 Å². The molecule has 2 amide bonds. The number of nitrogens with one attached hydrogen (secondary N) is 1. The molecule has 8 nitrogen and oxygen atoms in total. The summed E-state index contributed by atoms with van der Waals surface area (Å²) in [6.07, 6.45) is 0.898. The smallest absolute Gasteiger partial charge is 0.248 e. The zero-order valence-corrected chi connectivity index (χ0v) is 14.0. The molecule has 0 unspecified atom stereocenters. The summed E-state index contributed by atoms with van der Waals surface area (Å²) >= 11 is 0. The first-order valence-corrected chi connectivity index (χ1v) is 8.15. The van der Waals surface area contributed by atoms with Crippen LogP contribution in [0.15, 0.2) is 54.6 Å². The van der Waals surface area contributed by atoms with E-state index in [1.807, 2.05) is 30.3 Å². The molecule has 0 spiro atoms. The number of carbonyl (C=O) groups excluding carboxylic acids is 2. The fourth-order valence-electron chi connectivity index (χ4n) is 2.36. The first-order chi connectivity index (χ1) is 12.6. The summed E-state index contributed by atoms with van der Waals surface area (Å²) < 4.78 is 0. The Kier molecular flexibility index (Phi) is 5.33. The number of nitrogens with two attached hydrogens (primary N) is 1. The maximum atomic E-state index is 12.0. The number of rotatable bonds is 7. The Hall–Kier alpha value is -3.55. The number of amides is 2. The monoisotopic (exact) mass is 350 g/mol. The molecule has 132 valence electrons. The number of aromatic nitrogens is 4. The Morgan fingerprint density at radius 1 is 1.04 bits per heavy atom. The second-order valence-corrected chi connectivity index (χ2v) is 5.67. The van der Waals surface area contributed by atoms with Gasteiger partial charge in [-0.05, 0) is 35.9 Å². The van der Waals surface area contributed by atoms with Crippen molar-refractivity contribution in [3.8, 4) is 11.4 Å². The number of hydrogen-bond acceptors (Lipinski definition) is 5. The zero-order chi connectivity index (χ0) is 18.4. The van der Waals surface area contributed by atoms with Crippen molar-refractivity contribution in [1.29, 1.82) is 0 Å². The fraction of sp³-hybridized carbons (Fsp3) is 0.167. The second-order valence-electron chi connectivity index (χ2n) is 5.67. The topological polar surface area (TPSA) is 116 Å². The van der Waals surface area contributed by atoms with Gasteiger partial charge in [-0.1, -0.05) is 30.3 Å². The Labute approximate surface area is 150 Å². The first-order valence-electron chi connectivity index (χ1n) is 8.15. The highest BCUT2D eigenvalue weighted by molar-refractivity contribution is 5.94. The number of carbonyl (C=O) groups is 2. The van der Waals surface area contributed by atoms with Crippen molar-refractivity contribution in [1.82, 2.24) is 20.2 Å². The molecular weight excluding hydrogens is 332 g/mol. The van der Waals surface area contributed by atoms with E-state index in [9.17, 15) is 9.59 Å². The molecule has 1 heterocycles. The number of benzene rings is 2. The van der Waals surface area contributed by atoms with Gasteiger partial charge < -0.3 is 11.1 Å². The van der Waals surface area contributed by atoms with Gasteiger partial charge in [0.15, 0.2) is 0 Å². The molecule has 3 aromatic rings. The van der Waals surface area contributed by atoms with Crippen LogP contribution >= 0.6 is 0 Å². The lowest BCUT2D eigenvalue weighted by Crippen LogP contribution is -2.14. The molecule has 3 rings (SSSR count). The second kappa shape index (κ2) is 8.02. The Bertz CT molecular complexity index is 890. The van der Waals surface area contributed by atoms with E-state index in [-0.39, 0.29) is 5.91 Å². The first kappa shape index (κ1) is 17.3. The standard InChI is InChI=1S/C18H18N6O2/c19-17(26)13-8-10-15(11-9-13)20-16(25)7-4-12-24-22-18(21-23-24)14-5-2-1-3-6-14/h1-3,5-6,8-11H,4,7,12H2,(H2,19,26)(H,20,25). The number of anilines is 1. The number of primary amides is 1. The highest BCUT2D eigenvalue weighted by Gasteiger charge is 2.07. The van der Waals surface area contributed by atoms with Crippen LogP contribution in [-0.2, 0) is 11.3 Å². The van der Waals surface area contributed by atoms with Gasteiger partial charge in [0.2, 0.25) is 17.6 Å². The lowest BCUT2D eigenvalue weighted by atomic mass is 10.2. The summed E-state index contributed by atoms with van der Waals surface area (Å²) in [6.45, 7) is 0.494. The van der Waals surface area contributed by atoms with Crippen LogP contribution in [0.2, 0.25) is 0 Å². The van der Waals surface area contributed by atoms with Gasteiger partial charge in [-0.3, -0.25) is 9.59 Å². The van der Waals surface area contributed by atoms with Gasteiger partial charge in [0.25, 0.3) is 0 Å². The summed E-state index contributed by atoms with van der Waals surface area (Å²) in [4.78, 5) is 24.5. The van der Waals surface area contributed by atoms with Crippen LogP contribution in [0, 0.1) is 0 Å². The molecule has 0 atom stereocenters. The van der Waals surface area contributed by atoms with E-state index in [1.165, 1.54) is 4.80 Å². The summed E-state index contributed by atoms with van der Waals surface area (Å²) in [5.41, 5.74) is 7.09. The van der Waals surface area contributed by atoms with Crippen molar-refractivity contribution >= 4 is 17.5 Å². The maximum Gasteiger partial charge on any atom is 0.248 e. The summed E-state index contributed by atoms with van der Waals surface area (Å²) in [5, 5.41) is 15.1. The van der Waals surface area contributed by atoms with Gasteiger partial charge in [0.1, 0.15) is 0 Å². The van der Waals surface area contributed by atoms with Crippen molar-refractivity contribution in [3.63, 3.8) is 0 Å². The lowest BCUT2D eigenvalue weighted by Gasteiger charge is -2.05. The molecule has 0 aliphatic carbocycles. The van der Waals surface area contributed by atoms with Gasteiger partial charge >= 0.3 is 0 Å². The molecular formula is C18H18N6O2. The van der Waals surface area contributed by atoms with E-state index in [1.54, 1.807) is 24.3 Å². The average molecular weight is 350 g/mol. The van der Waals surface area contributed by atoms with Crippen molar-refractivity contribution in [3.05, 3.63) is 60.2 Å². The van der Waals surface area contributed by atoms with Crippen LogP contribution in [0.25, 0.3) is 11.4 Å². The van der Waals surface area contributed by atoms with Crippen molar-refractivity contribution in [2.45, 2.75) is 19.4 Å². The molecule has 1 aromatic heterocycles. The van der Waals surface area contributed by atoms with Gasteiger partial charge in [0.05, 0.1) is 6.54 Å². The Morgan fingerprint density at radius 3 is 2.46 bits per heavy atom. The third-order valence-electron chi connectivity index (χ3n) is 3.70. The largest absolute Gasteiger partial charge is 0.366 e. The highest BCUT2D eigenvalue weighted by Crippen LogP contribution is 2.12. The van der Waals surface area contributed by atoms with Crippen molar-refractivity contribution < 1.29 is 9.59 Å². The molecule has 0 bridgehead atoms. The SMILES string of the molecule is NC(=O)c1ccc(NC(=O)CCCn2nnc(-c3ccccc3)n2)cc1. The molecule has 3 N–H and O–H groups in total. The molecule has 26 heavy (non-hydrogen) atoms. The number of nitrogens with zero attached hydrogens (tertiary/aromatic N) is 4. The quantitative estimate of drug-likeness (QED) is 0.675. The maximum absolute atomic E-state index is 12.0. The Morgan fingerprint density at radius 2 is 1.77 bits per heavy atom. The zero-order valence-electron chi connectivity index (χ0n) is 14.0. The van der Waals surface area contributed by atoms with Gasteiger partial charge in [-0.25, -0.2) is 0 Å². The summed E-state index contributed by atoms with van der Waals surface area (Å²) in [6, 6.07) is 16.0. The lowest BCUT2D eigenvalue weighted by molar-refractivity contribution is -0.116. The normalized spacial score (nSPS) is 10.5. The molecule has 0 saturated carbocycles. The van der Waals surface area contributed by atoms with Crippen LogP contribution in [0.3, 0.4) is 0 Å².